The average Bonchev–Trinajstić information content (AvgIpc) is 1.54. The number of benzene rings is 20. The van der Waals surface area contributed by atoms with Gasteiger partial charge < -0.3 is 38.7 Å². The maximum atomic E-state index is 6.76. The number of nitrogens with zero attached hydrogens (tertiary/aromatic N) is 7. The Labute approximate surface area is 899 Å². The van der Waals surface area contributed by atoms with Gasteiger partial charge in [0.25, 0.3) is 0 Å². The molecule has 30 aromatic rings. The molecule has 13 heteroatoms. The van der Waals surface area contributed by atoms with E-state index in [0.717, 1.165) is 139 Å². The second-order valence-corrected chi connectivity index (χ2v) is 37.6. The largest absolute Gasteiger partial charge is 0.500 e. The van der Waals surface area contributed by atoms with Crippen LogP contribution in [0.15, 0.2) is 453 Å². The van der Waals surface area contributed by atoms with Gasteiger partial charge in [-0.25, -0.2) is 0 Å². The first-order valence-corrected chi connectivity index (χ1v) is 49.3. The summed E-state index contributed by atoms with van der Waals surface area (Å²) in [6, 6.07) is 157. The first-order chi connectivity index (χ1) is 71.6. The molecule has 0 aliphatic rings. The Bertz CT molecular complexity index is 10000. The third-order valence-electron chi connectivity index (χ3n) is 27.4. The van der Waals surface area contributed by atoms with Gasteiger partial charge in [0.15, 0.2) is 0 Å². The van der Waals surface area contributed by atoms with Crippen molar-refractivity contribution in [3.05, 3.63) is 503 Å². The molecule has 0 unspecified atom stereocenters. The van der Waals surface area contributed by atoms with E-state index in [4.69, 9.17) is 13.8 Å². The maximum absolute atomic E-state index is 6.76. The Morgan fingerprint density at radius 1 is 0.209 bits per heavy atom. The fourth-order valence-electron chi connectivity index (χ4n) is 20.5. The monoisotopic (exact) mass is 2450 g/mol. The normalized spacial score (nSPS) is 11.2. The van der Waals surface area contributed by atoms with Crippen molar-refractivity contribution in [2.24, 2.45) is 0 Å². The number of furan rings is 2. The van der Waals surface area contributed by atoms with Gasteiger partial charge in [-0.1, -0.05) is 314 Å². The van der Waals surface area contributed by atoms with E-state index in [0.29, 0.717) is 0 Å². The third kappa shape index (κ3) is 18.2. The molecule has 0 aliphatic carbocycles. The summed E-state index contributed by atoms with van der Waals surface area (Å²) < 4.78 is 16.0. The quantitative estimate of drug-likeness (QED) is 0.108. The molecular weight excluding hydrogens is 2360 g/mol. The van der Waals surface area contributed by atoms with Gasteiger partial charge in [-0.15, -0.1) is 167 Å². The fourth-order valence-corrected chi connectivity index (χ4v) is 21.8. The molecule has 0 amide bonds. The number of hydrogen-bond donors (Lipinski definition) is 0. The van der Waals surface area contributed by atoms with E-state index >= 15 is 0 Å². The van der Waals surface area contributed by atoms with Gasteiger partial charge in [-0.2, -0.15) is 11.3 Å². The molecule has 0 spiro atoms. The topological polar surface area (TPSA) is 117 Å². The molecule has 10 aromatic heterocycles. The number of hydrogen-bond acceptors (Lipinski definition) is 10. The summed E-state index contributed by atoms with van der Waals surface area (Å²) in [5, 5.41) is 32.4. The average molecular weight is 2450 g/mol. The van der Waals surface area contributed by atoms with Crippen LogP contribution in [-0.4, -0.2) is 34.9 Å². The number of thiophene rings is 1. The molecule has 0 N–H and O–H groups in total. The number of fused-ring (bicyclic) bond motifs is 21. The van der Waals surface area contributed by atoms with Crippen LogP contribution in [0.3, 0.4) is 0 Å². The van der Waals surface area contributed by atoms with Gasteiger partial charge in [0.1, 0.15) is 11.2 Å². The summed E-state index contributed by atoms with van der Waals surface area (Å²) in [4.78, 5) is 31.3. The molecule has 10 heterocycles. The van der Waals surface area contributed by atoms with Gasteiger partial charge in [0.2, 0.25) is 0 Å². The summed E-state index contributed by atoms with van der Waals surface area (Å²) in [6.07, 6.45) is 14.8. The van der Waals surface area contributed by atoms with E-state index in [1.54, 1.807) is 12.4 Å². The van der Waals surface area contributed by atoms with E-state index < -0.39 is 0 Å². The predicted molar refractivity (Wildman–Crippen MR) is 604 cm³/mol. The van der Waals surface area contributed by atoms with Crippen molar-refractivity contribution in [2.45, 2.75) is 27.7 Å². The zero-order valence-corrected chi connectivity index (χ0v) is 88.5. The summed E-state index contributed by atoms with van der Waals surface area (Å²) in [7, 11) is 0. The zero-order chi connectivity index (χ0) is 97.0. The molecule has 0 saturated carbocycles. The Kier molecular flexibility index (Phi) is 27.2. The summed E-state index contributed by atoms with van der Waals surface area (Å²) in [6.45, 7) is 8.26. The molecule has 0 atom stereocenters. The van der Waals surface area contributed by atoms with Crippen LogP contribution in [-0.2, 0) is 60.3 Å². The van der Waals surface area contributed by atoms with Gasteiger partial charge in [0.05, 0.1) is 11.2 Å². The Morgan fingerprint density at radius 3 is 1.24 bits per heavy atom. The number of pyridine rings is 7. The van der Waals surface area contributed by atoms with Crippen molar-refractivity contribution < 1.29 is 69.2 Å². The van der Waals surface area contributed by atoms with Crippen LogP contribution in [0, 0.1) is 64.1 Å². The molecule has 30 rings (SSSR count). The number of rotatable bonds is 8. The van der Waals surface area contributed by atoms with E-state index in [2.05, 4.69) is 354 Å². The van der Waals surface area contributed by atoms with Crippen molar-refractivity contribution in [3.63, 3.8) is 0 Å². The van der Waals surface area contributed by atoms with E-state index in [1.807, 2.05) is 183 Å². The van der Waals surface area contributed by atoms with Gasteiger partial charge in [0, 0.05) is 147 Å². The summed E-state index contributed by atoms with van der Waals surface area (Å²) >= 11 is 1.88. The molecule has 711 valence electrons. The second-order valence-electron chi connectivity index (χ2n) is 36.6. The summed E-state index contributed by atoms with van der Waals surface area (Å²) in [5.74, 6) is 0. The van der Waals surface area contributed by atoms with Crippen molar-refractivity contribution in [2.75, 3.05) is 0 Å². The van der Waals surface area contributed by atoms with Gasteiger partial charge >= 0.3 is 0 Å². The first kappa shape index (κ1) is 96.1. The molecule has 0 bridgehead atoms. The summed E-state index contributed by atoms with van der Waals surface area (Å²) in [5.41, 5.74) is 24.3. The third-order valence-corrected chi connectivity index (χ3v) is 28.6. The smallest absolute Gasteiger partial charge is 0.129 e. The van der Waals surface area contributed by atoms with Crippen LogP contribution in [0.5, 0.6) is 0 Å². The van der Waals surface area contributed by atoms with Crippen molar-refractivity contribution in [1.82, 2.24) is 34.9 Å². The predicted octanol–water partition coefficient (Wildman–Crippen LogP) is 35.8. The van der Waals surface area contributed by atoms with Crippen molar-refractivity contribution >= 4 is 183 Å². The number of aryl methyl sites for hydroxylation is 4. The van der Waals surface area contributed by atoms with Crippen LogP contribution in [0.25, 0.3) is 262 Å². The number of aromatic nitrogens is 7. The Hall–Kier alpha value is -16.7. The van der Waals surface area contributed by atoms with E-state index in [-0.39, 0.29) is 60.3 Å². The standard InChI is InChI=1S/C39H22NO.C28H16NS.C27H14NO.C16H11N2.C13H12N.C12H10N.3Ir/c1-2-10-26-22-27(17-16-24(26)8-1)28-19-21-35(40-23-28)32-14-7-15-34-37-33-20-18-25-9-3-4-11-29(25)36(33)30-12-5-6-13-31(30)39(37)41-38(32)34;1-16-13-14-29-23(15-16)19-7-4-10-22-26-20-8-2-5-17-11-12-18-6-3-9-21(25(18)24(17)20)28(26)30-27(19)22;1-2-15-28-22(12-1)18-8-5-11-21-25-19-9-3-6-16-13-14-17-7-4-10-20(24(17)23(16)19)27(25)29-26(18)21;1-2-5-13(6-3-1)16-9-8-15(12-18-16)14-7-4-10-17-11-14;1-10-3-6-12(7-4-10)13-8-5-11(2)9-14-13;1-10-5-7-11(8-6-10)12-4-2-3-9-13-12;;;/h1-13,15-23H;2-6,8-15H,1H3;1-7,9-15H;1-5,7-12H;3-6,8-9H,1-2H3;2-7,9H,1H3;;;/q6*-1;;;. The maximum Gasteiger partial charge on any atom is 0.129 e. The molecule has 0 fully saturated rings. The van der Waals surface area contributed by atoms with Crippen LogP contribution < -0.4 is 0 Å². The molecule has 20 aromatic carbocycles. The molecule has 9 nitrogen and oxygen atoms in total. The van der Waals surface area contributed by atoms with Gasteiger partial charge in [-0.05, 0) is 202 Å². The zero-order valence-electron chi connectivity index (χ0n) is 80.5. The Morgan fingerprint density at radius 2 is 0.655 bits per heavy atom. The minimum atomic E-state index is 0. The van der Waals surface area contributed by atoms with Crippen molar-refractivity contribution in [1.29, 1.82) is 0 Å². The molecule has 3 radical (unpaired) electrons. The van der Waals surface area contributed by atoms with E-state index in [1.165, 1.54) is 145 Å². The first-order valence-electron chi connectivity index (χ1n) is 48.5. The van der Waals surface area contributed by atoms with Crippen LogP contribution in [0.4, 0.5) is 0 Å². The molecular formula is C135H85Ir3N7O2S-6. The minimum Gasteiger partial charge on any atom is -0.500 e. The minimum absolute atomic E-state index is 0. The molecule has 0 saturated heterocycles. The SMILES string of the molecule is Cc1c[c-]c(-c2ccc(C)cn2)cc1.Cc1c[c-]c(-c2ccccn2)cc1.Cc1ccnc(-c2[c-]ccc3c2sc2c4cccc5ccc6cccc(c32)c6c54)c1.[Ir].[Ir].[Ir].[c-]1ccc2c(oc3c4cccc5ccc6cccc(c23)c6c54)c1-c1ccccn1.[c-]1ccc2c(oc3c4ccccc4c4c5ccccc5ccc4c23)c1-c1ccc(-c2ccc3ccccc3c2)cn1.[c-]1ccccc1-c1ccc(-c2cccnc2)cn1. The van der Waals surface area contributed by atoms with E-state index in [9.17, 15) is 0 Å². The second kappa shape index (κ2) is 41.8. The molecule has 148 heavy (non-hydrogen) atoms. The molecule has 0 aliphatic heterocycles. The van der Waals surface area contributed by atoms with Crippen LogP contribution in [0.2, 0.25) is 0 Å². The Balaban J connectivity index is 0.000000105. The van der Waals surface area contributed by atoms with Gasteiger partial charge in [-0.3, -0.25) is 4.98 Å². The fraction of sp³-hybridized carbons (Fsp3) is 0.0296. The van der Waals surface area contributed by atoms with Crippen molar-refractivity contribution in [3.8, 4) is 89.8 Å². The van der Waals surface area contributed by atoms with Crippen LogP contribution >= 0.6 is 11.3 Å². The van der Waals surface area contributed by atoms with Crippen LogP contribution in [0.1, 0.15) is 22.3 Å².